The van der Waals surface area contributed by atoms with Crippen LogP contribution in [0.2, 0.25) is 0 Å². The Morgan fingerprint density at radius 3 is 2.74 bits per heavy atom. The lowest BCUT2D eigenvalue weighted by molar-refractivity contribution is 0.518. The first-order chi connectivity index (χ1) is 9.15. The number of rotatable bonds is 1. The molecule has 0 fully saturated rings. The Morgan fingerprint density at radius 1 is 1.16 bits per heavy atom. The molecule has 3 rings (SSSR count). The van der Waals surface area contributed by atoms with Crippen LogP contribution in [0.5, 0.6) is 0 Å². The van der Waals surface area contributed by atoms with Crippen LogP contribution in [0.15, 0.2) is 56.1 Å². The summed E-state index contributed by atoms with van der Waals surface area (Å²) < 4.78 is 6.30. The van der Waals surface area contributed by atoms with Gasteiger partial charge >= 0.3 is 5.63 Å². The fourth-order valence-electron chi connectivity index (χ4n) is 2.00. The van der Waals surface area contributed by atoms with Gasteiger partial charge in [-0.05, 0) is 42.8 Å². The van der Waals surface area contributed by atoms with Crippen molar-refractivity contribution in [1.29, 1.82) is 0 Å². The highest BCUT2D eigenvalue weighted by atomic mass is 79.9. The Labute approximate surface area is 118 Å². The molecular formula is C15H10BrNO2. The van der Waals surface area contributed by atoms with E-state index in [-0.39, 0.29) is 5.63 Å². The van der Waals surface area contributed by atoms with Gasteiger partial charge in [-0.1, -0.05) is 28.1 Å². The van der Waals surface area contributed by atoms with Crippen molar-refractivity contribution in [3.05, 3.63) is 62.9 Å². The van der Waals surface area contributed by atoms with Crippen molar-refractivity contribution < 1.29 is 4.42 Å². The molecule has 0 atom stereocenters. The molecule has 0 spiro atoms. The van der Waals surface area contributed by atoms with Gasteiger partial charge in [0.25, 0.3) is 0 Å². The molecule has 4 heteroatoms. The third kappa shape index (κ3) is 2.19. The zero-order valence-electron chi connectivity index (χ0n) is 10.2. The van der Waals surface area contributed by atoms with E-state index in [0.29, 0.717) is 16.8 Å². The Balaban J connectivity index is 2.28. The van der Waals surface area contributed by atoms with Crippen molar-refractivity contribution >= 4 is 26.8 Å². The minimum Gasteiger partial charge on any atom is -0.403 e. The minimum atomic E-state index is -0.358. The van der Waals surface area contributed by atoms with E-state index in [1.165, 1.54) is 0 Å². The molecule has 0 aliphatic carbocycles. The second kappa shape index (κ2) is 4.63. The number of nitrogens with zero attached hydrogens (tertiary/aromatic N) is 1. The second-order valence-corrected chi connectivity index (χ2v) is 5.20. The van der Waals surface area contributed by atoms with Gasteiger partial charge < -0.3 is 4.42 Å². The van der Waals surface area contributed by atoms with Crippen LogP contribution in [0, 0.1) is 6.92 Å². The van der Waals surface area contributed by atoms with Crippen LogP contribution in [0.1, 0.15) is 5.56 Å². The number of aromatic nitrogens is 1. The maximum Gasteiger partial charge on any atom is 0.347 e. The van der Waals surface area contributed by atoms with Crippen molar-refractivity contribution in [2.24, 2.45) is 0 Å². The zero-order chi connectivity index (χ0) is 13.4. The molecule has 0 aliphatic heterocycles. The van der Waals surface area contributed by atoms with E-state index in [1.807, 2.05) is 37.3 Å². The van der Waals surface area contributed by atoms with Gasteiger partial charge in [-0.25, -0.2) is 9.78 Å². The van der Waals surface area contributed by atoms with Crippen molar-refractivity contribution in [1.82, 2.24) is 4.98 Å². The second-order valence-electron chi connectivity index (χ2n) is 4.28. The maximum absolute atomic E-state index is 11.9. The van der Waals surface area contributed by atoms with Crippen LogP contribution in [0.4, 0.5) is 0 Å². The van der Waals surface area contributed by atoms with E-state index < -0.39 is 0 Å². The Morgan fingerprint density at radius 2 is 1.95 bits per heavy atom. The van der Waals surface area contributed by atoms with E-state index in [2.05, 4.69) is 20.9 Å². The van der Waals surface area contributed by atoms with Gasteiger partial charge in [-0.3, -0.25) is 0 Å². The number of aryl methyl sites for hydroxylation is 1. The van der Waals surface area contributed by atoms with Gasteiger partial charge in [0, 0.05) is 10.0 Å². The van der Waals surface area contributed by atoms with Crippen LogP contribution >= 0.6 is 15.9 Å². The average molecular weight is 316 g/mol. The predicted octanol–water partition coefficient (Wildman–Crippen LogP) is 3.93. The van der Waals surface area contributed by atoms with E-state index in [0.717, 1.165) is 15.6 Å². The molecule has 94 valence electrons. The lowest BCUT2D eigenvalue weighted by atomic mass is 10.1. The molecule has 0 unspecified atom stereocenters. The Kier molecular flexibility index (Phi) is 2.95. The molecule has 19 heavy (non-hydrogen) atoms. The summed E-state index contributed by atoms with van der Waals surface area (Å²) in [5, 5.41) is 0.501. The quantitative estimate of drug-likeness (QED) is 0.683. The first-order valence-electron chi connectivity index (χ1n) is 5.81. The summed E-state index contributed by atoms with van der Waals surface area (Å²) in [6.07, 6.45) is 0. The molecule has 0 saturated heterocycles. The van der Waals surface area contributed by atoms with Crippen LogP contribution in [0.25, 0.3) is 22.4 Å². The van der Waals surface area contributed by atoms with Gasteiger partial charge in [-0.15, -0.1) is 0 Å². The number of hydrogen-bond donors (Lipinski definition) is 0. The standard InChI is InChI=1S/C15H10BrNO2/c1-9-8-10(16)6-7-11(9)14-17-13-5-3-2-4-12(13)15(18)19-14/h2-8H,1H3. The number of para-hydroxylation sites is 1. The van der Waals surface area contributed by atoms with Gasteiger partial charge in [0.2, 0.25) is 5.89 Å². The Hall–Kier alpha value is -1.94. The third-order valence-corrected chi connectivity index (χ3v) is 3.45. The summed E-state index contributed by atoms with van der Waals surface area (Å²) in [7, 11) is 0. The molecule has 1 heterocycles. The van der Waals surface area contributed by atoms with E-state index in [9.17, 15) is 4.79 Å². The fourth-order valence-corrected chi connectivity index (χ4v) is 2.48. The smallest absolute Gasteiger partial charge is 0.347 e. The summed E-state index contributed by atoms with van der Waals surface area (Å²) in [4.78, 5) is 16.3. The van der Waals surface area contributed by atoms with E-state index in [4.69, 9.17) is 4.42 Å². The fraction of sp³-hybridized carbons (Fsp3) is 0.0667. The Bertz CT molecular complexity index is 824. The number of halogens is 1. The molecule has 1 aromatic heterocycles. The topological polar surface area (TPSA) is 43.1 Å². The average Bonchev–Trinajstić information content (AvgIpc) is 2.38. The molecule has 2 aromatic carbocycles. The third-order valence-electron chi connectivity index (χ3n) is 2.95. The summed E-state index contributed by atoms with van der Waals surface area (Å²) in [5.74, 6) is 0.355. The van der Waals surface area contributed by atoms with Gasteiger partial charge in [0.05, 0.1) is 10.9 Å². The molecule has 0 N–H and O–H groups in total. The minimum absolute atomic E-state index is 0.355. The highest BCUT2D eigenvalue weighted by molar-refractivity contribution is 9.10. The van der Waals surface area contributed by atoms with E-state index in [1.54, 1.807) is 12.1 Å². The van der Waals surface area contributed by atoms with Crippen LogP contribution < -0.4 is 5.63 Å². The first kappa shape index (κ1) is 12.1. The van der Waals surface area contributed by atoms with Crippen molar-refractivity contribution in [2.45, 2.75) is 6.92 Å². The maximum atomic E-state index is 11.9. The SMILES string of the molecule is Cc1cc(Br)ccc1-c1nc2ccccc2c(=O)o1. The largest absolute Gasteiger partial charge is 0.403 e. The summed E-state index contributed by atoms with van der Waals surface area (Å²) in [6, 6.07) is 12.9. The number of benzene rings is 2. The van der Waals surface area contributed by atoms with Crippen LogP contribution in [-0.4, -0.2) is 4.98 Å². The number of fused-ring (bicyclic) bond motifs is 1. The molecular weight excluding hydrogens is 306 g/mol. The van der Waals surface area contributed by atoms with Crippen LogP contribution in [0.3, 0.4) is 0 Å². The predicted molar refractivity (Wildman–Crippen MR) is 78.2 cm³/mol. The van der Waals surface area contributed by atoms with Crippen LogP contribution in [-0.2, 0) is 0 Å². The summed E-state index contributed by atoms with van der Waals surface area (Å²) in [5.41, 5.74) is 2.12. The normalized spacial score (nSPS) is 10.8. The van der Waals surface area contributed by atoms with Gasteiger partial charge in [0.1, 0.15) is 0 Å². The number of hydrogen-bond acceptors (Lipinski definition) is 3. The molecule has 0 amide bonds. The summed E-state index contributed by atoms with van der Waals surface area (Å²) in [6.45, 7) is 1.96. The molecule has 0 radical (unpaired) electrons. The lowest BCUT2D eigenvalue weighted by Crippen LogP contribution is -2.03. The van der Waals surface area contributed by atoms with E-state index >= 15 is 0 Å². The molecule has 3 aromatic rings. The highest BCUT2D eigenvalue weighted by Gasteiger charge is 2.10. The lowest BCUT2D eigenvalue weighted by Gasteiger charge is -2.05. The zero-order valence-corrected chi connectivity index (χ0v) is 11.8. The molecule has 0 aliphatic rings. The highest BCUT2D eigenvalue weighted by Crippen LogP contribution is 2.25. The van der Waals surface area contributed by atoms with Crippen molar-refractivity contribution in [2.75, 3.05) is 0 Å². The summed E-state index contributed by atoms with van der Waals surface area (Å²) >= 11 is 3.41. The molecule has 0 bridgehead atoms. The molecule has 0 saturated carbocycles. The molecule has 3 nitrogen and oxygen atoms in total. The van der Waals surface area contributed by atoms with Crippen molar-refractivity contribution in [3.8, 4) is 11.5 Å². The monoisotopic (exact) mass is 315 g/mol. The van der Waals surface area contributed by atoms with Crippen molar-refractivity contribution in [3.63, 3.8) is 0 Å². The van der Waals surface area contributed by atoms with Gasteiger partial charge in [-0.2, -0.15) is 0 Å². The first-order valence-corrected chi connectivity index (χ1v) is 6.61. The van der Waals surface area contributed by atoms with Gasteiger partial charge in [0.15, 0.2) is 0 Å².